The fourth-order valence-corrected chi connectivity index (χ4v) is 3.71. The van der Waals surface area contributed by atoms with Gasteiger partial charge in [-0.15, -0.1) is 0 Å². The van der Waals surface area contributed by atoms with Crippen LogP contribution in [0.15, 0.2) is 91.0 Å². The van der Waals surface area contributed by atoms with E-state index in [1.807, 2.05) is 72.8 Å². The van der Waals surface area contributed by atoms with Gasteiger partial charge in [-0.2, -0.15) is 5.26 Å². The molecule has 0 spiro atoms. The van der Waals surface area contributed by atoms with E-state index in [2.05, 4.69) is 15.8 Å². The van der Waals surface area contributed by atoms with Crippen LogP contribution in [0.4, 0.5) is 22.7 Å². The quantitative estimate of drug-likeness (QED) is 0.298. The SMILES string of the molecule is [C-]#[N+]c1ccc(C#N)c(-c2ccc(N3c4ccccc4Oc4ccccc43)cc2)c1. The smallest absolute Gasteiger partial charge is 0.187 e. The molecular weight excluding hydrogens is 370 g/mol. The highest BCUT2D eigenvalue weighted by Crippen LogP contribution is 2.50. The van der Waals surface area contributed by atoms with Crippen molar-refractivity contribution >= 4 is 22.7 Å². The van der Waals surface area contributed by atoms with Crippen LogP contribution < -0.4 is 9.64 Å². The molecule has 1 aliphatic heterocycles. The van der Waals surface area contributed by atoms with E-state index in [4.69, 9.17) is 11.3 Å². The number of nitrogens with zero attached hydrogens (tertiary/aromatic N) is 3. The molecule has 0 unspecified atom stereocenters. The van der Waals surface area contributed by atoms with Crippen LogP contribution in [0.25, 0.3) is 16.0 Å². The highest BCUT2D eigenvalue weighted by Gasteiger charge is 2.25. The number of para-hydroxylation sites is 4. The van der Waals surface area contributed by atoms with E-state index in [0.717, 1.165) is 39.7 Å². The number of hydrogen-bond acceptors (Lipinski definition) is 3. The Hall–Kier alpha value is -4.54. The summed E-state index contributed by atoms with van der Waals surface area (Å²) in [7, 11) is 0. The third kappa shape index (κ3) is 2.85. The molecule has 5 rings (SSSR count). The highest BCUT2D eigenvalue weighted by atomic mass is 16.5. The normalized spacial score (nSPS) is 11.5. The molecule has 0 N–H and O–H groups in total. The Balaban J connectivity index is 1.62. The monoisotopic (exact) mass is 385 g/mol. The van der Waals surface area contributed by atoms with Gasteiger partial charge in [-0.25, -0.2) is 4.85 Å². The number of benzene rings is 4. The Morgan fingerprint density at radius 2 is 1.43 bits per heavy atom. The van der Waals surface area contributed by atoms with E-state index in [-0.39, 0.29) is 0 Å². The summed E-state index contributed by atoms with van der Waals surface area (Å²) < 4.78 is 6.07. The molecule has 0 saturated heterocycles. The summed E-state index contributed by atoms with van der Waals surface area (Å²) in [6.07, 6.45) is 0. The maximum Gasteiger partial charge on any atom is 0.187 e. The molecule has 0 aliphatic carbocycles. The van der Waals surface area contributed by atoms with Gasteiger partial charge >= 0.3 is 0 Å². The number of rotatable bonds is 2. The first-order chi connectivity index (χ1) is 14.8. The maximum atomic E-state index is 9.47. The van der Waals surface area contributed by atoms with Crippen molar-refractivity contribution in [2.75, 3.05) is 4.90 Å². The van der Waals surface area contributed by atoms with Crippen LogP contribution in [0.3, 0.4) is 0 Å². The number of hydrogen-bond donors (Lipinski definition) is 0. The van der Waals surface area contributed by atoms with Gasteiger partial charge < -0.3 is 9.64 Å². The van der Waals surface area contributed by atoms with Gasteiger partial charge in [-0.05, 0) is 53.6 Å². The third-order valence-electron chi connectivity index (χ3n) is 5.12. The lowest BCUT2D eigenvalue weighted by Crippen LogP contribution is -2.15. The van der Waals surface area contributed by atoms with E-state index < -0.39 is 0 Å². The predicted molar refractivity (Wildman–Crippen MR) is 118 cm³/mol. The molecule has 0 saturated carbocycles. The molecule has 4 aromatic carbocycles. The van der Waals surface area contributed by atoms with E-state index in [1.54, 1.807) is 18.2 Å². The molecule has 30 heavy (non-hydrogen) atoms. The summed E-state index contributed by atoms with van der Waals surface area (Å²) in [6.45, 7) is 7.26. The number of ether oxygens (including phenoxy) is 1. The molecule has 1 aliphatic rings. The highest BCUT2D eigenvalue weighted by molar-refractivity contribution is 5.87. The van der Waals surface area contributed by atoms with Crippen molar-refractivity contribution in [2.45, 2.75) is 0 Å². The average Bonchev–Trinajstić information content (AvgIpc) is 2.82. The molecule has 4 heteroatoms. The van der Waals surface area contributed by atoms with E-state index >= 15 is 0 Å². The van der Waals surface area contributed by atoms with Crippen LogP contribution in [0.2, 0.25) is 0 Å². The summed E-state index contributed by atoms with van der Waals surface area (Å²) in [5, 5.41) is 9.47. The van der Waals surface area contributed by atoms with Crippen LogP contribution in [0.1, 0.15) is 5.56 Å². The first kappa shape index (κ1) is 17.6. The molecule has 4 nitrogen and oxygen atoms in total. The van der Waals surface area contributed by atoms with Crippen molar-refractivity contribution in [1.82, 2.24) is 0 Å². The summed E-state index contributed by atoms with van der Waals surface area (Å²) >= 11 is 0. The second kappa shape index (κ2) is 7.13. The molecule has 0 radical (unpaired) electrons. The van der Waals surface area contributed by atoms with Crippen molar-refractivity contribution in [3.05, 3.63) is 108 Å². The molecule has 0 atom stereocenters. The zero-order valence-electron chi connectivity index (χ0n) is 15.9. The Morgan fingerprint density at radius 3 is 2.03 bits per heavy atom. The maximum absolute atomic E-state index is 9.47. The Bertz CT molecular complexity index is 1300. The topological polar surface area (TPSA) is 40.6 Å². The van der Waals surface area contributed by atoms with Gasteiger partial charge in [0.2, 0.25) is 0 Å². The van der Waals surface area contributed by atoms with E-state index in [0.29, 0.717) is 11.3 Å². The second-order valence-corrected chi connectivity index (χ2v) is 6.87. The average molecular weight is 385 g/mol. The van der Waals surface area contributed by atoms with Crippen LogP contribution in [0, 0.1) is 17.9 Å². The van der Waals surface area contributed by atoms with Gasteiger partial charge in [0.05, 0.1) is 29.6 Å². The van der Waals surface area contributed by atoms with Crippen LogP contribution >= 0.6 is 0 Å². The first-order valence-corrected chi connectivity index (χ1v) is 9.46. The predicted octanol–water partition coefficient (Wildman–Crippen LogP) is 7.35. The van der Waals surface area contributed by atoms with Gasteiger partial charge in [-0.3, -0.25) is 0 Å². The zero-order chi connectivity index (χ0) is 20.5. The minimum atomic E-state index is 0.518. The van der Waals surface area contributed by atoms with Crippen LogP contribution in [-0.2, 0) is 0 Å². The molecule has 0 aromatic heterocycles. The van der Waals surface area contributed by atoms with E-state index in [1.165, 1.54) is 0 Å². The fourth-order valence-electron chi connectivity index (χ4n) is 3.71. The van der Waals surface area contributed by atoms with Crippen molar-refractivity contribution in [3.8, 4) is 28.7 Å². The summed E-state index contributed by atoms with van der Waals surface area (Å²) in [5.41, 5.74) is 5.66. The molecule has 0 fully saturated rings. The largest absolute Gasteiger partial charge is 0.453 e. The van der Waals surface area contributed by atoms with Gasteiger partial charge in [-0.1, -0.05) is 48.5 Å². The lowest BCUT2D eigenvalue weighted by atomic mass is 9.99. The molecule has 0 bridgehead atoms. The fraction of sp³-hybridized carbons (Fsp3) is 0. The van der Waals surface area contributed by atoms with E-state index in [9.17, 15) is 5.26 Å². The summed E-state index contributed by atoms with van der Waals surface area (Å²) in [6, 6.07) is 31.3. The molecular formula is C26H15N3O. The van der Waals surface area contributed by atoms with Crippen molar-refractivity contribution in [3.63, 3.8) is 0 Å². The standard InChI is InChI=1S/C26H15N3O/c1-28-20-13-10-19(17-27)22(16-20)18-11-14-21(15-12-18)29-23-6-2-4-8-25(23)30-26-9-5-3-7-24(26)29/h2-16H. The minimum absolute atomic E-state index is 0.518. The molecule has 0 amide bonds. The van der Waals surface area contributed by atoms with Crippen molar-refractivity contribution in [1.29, 1.82) is 5.26 Å². The van der Waals surface area contributed by atoms with Crippen LogP contribution in [0.5, 0.6) is 11.5 Å². The lowest BCUT2D eigenvalue weighted by molar-refractivity contribution is 0.477. The number of anilines is 3. The number of nitriles is 1. The van der Waals surface area contributed by atoms with Gasteiger partial charge in [0.25, 0.3) is 0 Å². The Kier molecular flexibility index (Phi) is 4.17. The summed E-state index contributed by atoms with van der Waals surface area (Å²) in [4.78, 5) is 5.66. The first-order valence-electron chi connectivity index (χ1n) is 9.46. The summed E-state index contributed by atoms with van der Waals surface area (Å²) in [5.74, 6) is 1.61. The van der Waals surface area contributed by atoms with Crippen molar-refractivity contribution < 1.29 is 4.74 Å². The van der Waals surface area contributed by atoms with Crippen molar-refractivity contribution in [2.24, 2.45) is 0 Å². The van der Waals surface area contributed by atoms with Gasteiger partial charge in [0.15, 0.2) is 17.2 Å². The molecule has 4 aromatic rings. The Labute approximate surface area is 174 Å². The van der Waals surface area contributed by atoms with Gasteiger partial charge in [0, 0.05) is 5.69 Å². The molecule has 140 valence electrons. The molecule has 1 heterocycles. The lowest BCUT2D eigenvalue weighted by Gasteiger charge is -2.32. The van der Waals surface area contributed by atoms with Gasteiger partial charge in [0.1, 0.15) is 0 Å². The third-order valence-corrected chi connectivity index (χ3v) is 5.12. The Morgan fingerprint density at radius 1 is 0.800 bits per heavy atom. The minimum Gasteiger partial charge on any atom is -0.453 e. The number of fused-ring (bicyclic) bond motifs is 2. The van der Waals surface area contributed by atoms with Crippen LogP contribution in [-0.4, -0.2) is 0 Å². The zero-order valence-corrected chi connectivity index (χ0v) is 15.9. The second-order valence-electron chi connectivity index (χ2n) is 6.87.